The summed E-state index contributed by atoms with van der Waals surface area (Å²) in [6, 6.07) is 22.0. The molecular formula is C63H77N13O7S. The van der Waals surface area contributed by atoms with E-state index < -0.39 is 18.1 Å². The van der Waals surface area contributed by atoms with E-state index in [0.29, 0.717) is 40.2 Å². The smallest absolute Gasteiger partial charge is 0.243 e. The molecule has 1 saturated carbocycles. The van der Waals surface area contributed by atoms with E-state index in [2.05, 4.69) is 58.3 Å². The summed E-state index contributed by atoms with van der Waals surface area (Å²) in [6.07, 6.45) is 11.2. The third-order valence-corrected chi connectivity index (χ3v) is 18.9. The van der Waals surface area contributed by atoms with E-state index >= 15 is 0 Å². The van der Waals surface area contributed by atoms with E-state index in [-0.39, 0.29) is 66.8 Å². The van der Waals surface area contributed by atoms with Gasteiger partial charge in [-0.2, -0.15) is 5.10 Å². The van der Waals surface area contributed by atoms with Gasteiger partial charge in [-0.15, -0.1) is 21.5 Å². The number of hydrogen-bond donors (Lipinski definition) is 4. The lowest BCUT2D eigenvalue weighted by molar-refractivity contribution is -0.141. The predicted octanol–water partition coefficient (Wildman–Crippen LogP) is 9.23. The molecule has 5 aromatic heterocycles. The average Bonchev–Trinajstić information content (AvgIpc) is 3.93. The van der Waals surface area contributed by atoms with Crippen molar-refractivity contribution >= 4 is 51.5 Å². The standard InChI is InChI=1S/C63H77N13O7S/c1-6-43-27-45(76-52-32-51(50-9-7-8-10-54(50)78)68-69-59(52)61(64)70-76)18-26-74(43)44-15-21-65-57(28-44)82-49-30-48(31-49)81-47-19-22-72(23-20-47)34-40-16-24-73(25-17-40)56-33-55(83-71-56)58(37(2)3)63(80)75-35-46(77)29-53(75)62(79)67-38(4)41-11-13-42(14-12-41)60-39(5)66-36-84-60/h6-15,21,28,32-33,36-38,40,45-49,53,58,77-78H,16-20,22-27,29-31,34-35H2,1-5H3,(H2,64,70)(H,67,79)/b43-6-/t38-,45-,46+,48?,49?,53-,58?/m0/s1. The van der Waals surface area contributed by atoms with Crippen LogP contribution in [0.1, 0.15) is 121 Å². The number of thiazole rings is 1. The highest BCUT2D eigenvalue weighted by molar-refractivity contribution is 7.13. The number of phenolic OH excluding ortho intramolecular Hbond substituents is 1. The van der Waals surface area contributed by atoms with Gasteiger partial charge >= 0.3 is 0 Å². The number of benzene rings is 2. The minimum absolute atomic E-state index is 0.0483. The number of nitrogen functional groups attached to an aromatic ring is 1. The Morgan fingerprint density at radius 1 is 0.905 bits per heavy atom. The van der Waals surface area contributed by atoms with E-state index in [4.69, 9.17) is 24.8 Å². The summed E-state index contributed by atoms with van der Waals surface area (Å²) < 4.78 is 21.0. The number of β-amino-alcohol motifs (C(OH)–C–C–N with tert-alkyl or cyclic N) is 1. The monoisotopic (exact) mass is 1160 g/mol. The Morgan fingerprint density at radius 3 is 2.43 bits per heavy atom. The van der Waals surface area contributed by atoms with Crippen molar-refractivity contribution in [2.75, 3.05) is 61.3 Å². The summed E-state index contributed by atoms with van der Waals surface area (Å²) in [5, 5.41) is 42.4. The maximum atomic E-state index is 14.4. The molecule has 0 bridgehead atoms. The van der Waals surface area contributed by atoms with Crippen LogP contribution >= 0.6 is 11.3 Å². The van der Waals surface area contributed by atoms with Gasteiger partial charge < -0.3 is 54.9 Å². The van der Waals surface area contributed by atoms with Crippen LogP contribution in [0.5, 0.6) is 11.6 Å². The van der Waals surface area contributed by atoms with Gasteiger partial charge in [-0.25, -0.2) is 9.97 Å². The zero-order valence-electron chi connectivity index (χ0n) is 48.6. The average molecular weight is 1160 g/mol. The molecule has 5 atom stereocenters. The number of ether oxygens (including phenoxy) is 2. The Hall–Kier alpha value is -7.46. The summed E-state index contributed by atoms with van der Waals surface area (Å²) in [7, 11) is 0. The molecule has 4 saturated heterocycles. The Bertz CT molecular complexity index is 3470. The number of carbonyl (C=O) groups is 2. The number of aliphatic hydroxyl groups excluding tert-OH is 1. The lowest BCUT2D eigenvalue weighted by Crippen LogP contribution is -2.48. The van der Waals surface area contributed by atoms with Crippen molar-refractivity contribution in [2.45, 2.75) is 141 Å². The molecule has 2 aromatic carbocycles. The summed E-state index contributed by atoms with van der Waals surface area (Å²) in [6.45, 7) is 15.6. The number of aliphatic hydroxyl groups is 1. The van der Waals surface area contributed by atoms with Crippen molar-refractivity contribution in [3.63, 3.8) is 0 Å². The molecule has 7 aromatic rings. The fraction of sp³-hybridized carbons (Fsp3) is 0.492. The van der Waals surface area contributed by atoms with Gasteiger partial charge in [-0.05, 0) is 100 Å². The first-order valence-electron chi connectivity index (χ1n) is 30.0. The van der Waals surface area contributed by atoms with Crippen LogP contribution in [-0.2, 0) is 14.3 Å². The molecule has 0 spiro atoms. The number of nitrogens with two attached hydrogens (primary N) is 1. The van der Waals surface area contributed by atoms with Gasteiger partial charge in [0.05, 0.1) is 57.7 Å². The van der Waals surface area contributed by atoms with Crippen molar-refractivity contribution in [1.29, 1.82) is 0 Å². The zero-order valence-corrected chi connectivity index (χ0v) is 49.4. The molecule has 1 aliphatic carbocycles. The van der Waals surface area contributed by atoms with Crippen LogP contribution in [-0.4, -0.2) is 143 Å². The number of amides is 2. The largest absolute Gasteiger partial charge is 0.507 e. The van der Waals surface area contributed by atoms with Gasteiger partial charge in [-0.1, -0.05) is 61.5 Å². The Balaban J connectivity index is 0.567. The summed E-state index contributed by atoms with van der Waals surface area (Å²) in [4.78, 5) is 47.1. The summed E-state index contributed by atoms with van der Waals surface area (Å²) in [5.74, 6) is 1.57. The van der Waals surface area contributed by atoms with Gasteiger partial charge in [0.2, 0.25) is 17.7 Å². The number of aromatic hydroxyl groups is 1. The molecule has 21 heteroatoms. The fourth-order valence-electron chi connectivity index (χ4n) is 13.1. The van der Waals surface area contributed by atoms with Crippen molar-refractivity contribution in [3.8, 4) is 33.3 Å². The molecule has 12 rings (SSSR count). The molecule has 0 radical (unpaired) electrons. The van der Waals surface area contributed by atoms with Gasteiger partial charge in [0.15, 0.2) is 22.9 Å². The number of carbonyl (C=O) groups excluding carboxylic acids is 2. The molecule has 20 nitrogen and oxygen atoms in total. The second-order valence-corrected chi connectivity index (χ2v) is 24.8. The molecule has 5 aliphatic rings. The predicted molar refractivity (Wildman–Crippen MR) is 322 cm³/mol. The minimum Gasteiger partial charge on any atom is -0.507 e. The highest BCUT2D eigenvalue weighted by Crippen LogP contribution is 2.40. The number of nitrogens with one attached hydrogen (secondary N) is 1. The molecular weight excluding hydrogens is 1080 g/mol. The topological polar surface area (TPSA) is 239 Å². The number of aromatic nitrogens is 7. The van der Waals surface area contributed by atoms with Crippen LogP contribution in [0.4, 0.5) is 17.3 Å². The summed E-state index contributed by atoms with van der Waals surface area (Å²) >= 11 is 1.60. The first-order chi connectivity index (χ1) is 40.7. The number of hydrogen-bond acceptors (Lipinski definition) is 18. The molecule has 2 amide bonds. The second-order valence-electron chi connectivity index (χ2n) is 24.0. The van der Waals surface area contributed by atoms with Crippen LogP contribution in [0.25, 0.3) is 32.7 Å². The number of likely N-dealkylation sites (tertiary alicyclic amines) is 2. The van der Waals surface area contributed by atoms with Crippen LogP contribution < -0.4 is 25.6 Å². The van der Waals surface area contributed by atoms with Gasteiger partial charge in [-0.3, -0.25) is 14.3 Å². The first-order valence-corrected chi connectivity index (χ1v) is 30.8. The van der Waals surface area contributed by atoms with Crippen molar-refractivity contribution in [3.05, 3.63) is 113 Å². The minimum atomic E-state index is -0.806. The van der Waals surface area contributed by atoms with Gasteiger partial charge in [0, 0.05) is 107 Å². The number of anilines is 3. The number of rotatable bonds is 17. The van der Waals surface area contributed by atoms with Crippen LogP contribution in [0.2, 0.25) is 0 Å². The number of pyridine rings is 1. The van der Waals surface area contributed by atoms with Crippen molar-refractivity contribution < 1.29 is 33.8 Å². The van der Waals surface area contributed by atoms with E-state index in [9.17, 15) is 19.8 Å². The lowest BCUT2D eigenvalue weighted by Gasteiger charge is -2.41. The first kappa shape index (κ1) is 57.0. The molecule has 9 heterocycles. The molecule has 442 valence electrons. The number of fused-ring (bicyclic) bond motifs is 1. The molecule has 4 aliphatic heterocycles. The number of allylic oxidation sites excluding steroid dienone is 2. The van der Waals surface area contributed by atoms with Crippen molar-refractivity contribution in [2.24, 2.45) is 11.8 Å². The summed E-state index contributed by atoms with van der Waals surface area (Å²) in [5.41, 5.74) is 15.9. The van der Waals surface area contributed by atoms with E-state index in [0.717, 1.165) is 129 Å². The van der Waals surface area contributed by atoms with Crippen molar-refractivity contribution in [1.82, 2.24) is 50.2 Å². The van der Waals surface area contributed by atoms with E-state index in [1.165, 1.54) is 10.6 Å². The third-order valence-electron chi connectivity index (χ3n) is 18.0. The number of aryl methyl sites for hydroxylation is 1. The Labute approximate surface area is 494 Å². The molecule has 5 fully saturated rings. The maximum absolute atomic E-state index is 14.4. The quantitative estimate of drug-likeness (QED) is 0.0664. The van der Waals surface area contributed by atoms with Gasteiger partial charge in [0.1, 0.15) is 23.8 Å². The Morgan fingerprint density at radius 2 is 1.69 bits per heavy atom. The molecule has 5 N–H and O–H groups in total. The Kier molecular flexibility index (Phi) is 16.7. The van der Waals surface area contributed by atoms with Gasteiger partial charge in [0.25, 0.3) is 0 Å². The van der Waals surface area contributed by atoms with Crippen LogP contribution in [0.3, 0.4) is 0 Å². The van der Waals surface area contributed by atoms with E-state index in [1.54, 1.807) is 23.5 Å². The number of para-hydroxylation sites is 1. The fourth-order valence-corrected chi connectivity index (χ4v) is 13.9. The number of nitrogens with zero attached hydrogens (tertiary/aromatic N) is 11. The zero-order chi connectivity index (χ0) is 58.2. The number of piperidine rings is 3. The van der Waals surface area contributed by atoms with Crippen LogP contribution in [0.15, 0.2) is 101 Å². The second kappa shape index (κ2) is 24.6. The third kappa shape index (κ3) is 12.1. The highest BCUT2D eigenvalue weighted by Gasteiger charge is 2.44. The normalized spacial score (nSPS) is 23.1. The number of phenols is 1. The highest BCUT2D eigenvalue weighted by atomic mass is 32.1. The lowest BCUT2D eigenvalue weighted by atomic mass is 9.91. The molecule has 1 unspecified atom stereocenters. The van der Waals surface area contributed by atoms with Crippen LogP contribution in [0, 0.1) is 18.8 Å². The molecule has 84 heavy (non-hydrogen) atoms. The SMILES string of the molecule is C/C=C1/C[C@@H](n2nc(N)c3nnc(-c4ccccc4O)cc32)CCN1c1ccnc(OC2CC(OC3CCN(CC4CCN(c5cc(C(C(=O)N6C[C@H](O)C[C@H]6C(=O)N[C@@H](C)c6ccc(-c7scnc7C)cc6)C(C)C)on5)CC4)CC3)C2)c1. The maximum Gasteiger partial charge on any atom is 0.243 e. The van der Waals surface area contributed by atoms with E-state index in [1.807, 2.05) is 105 Å².